The van der Waals surface area contributed by atoms with Crippen molar-refractivity contribution in [3.63, 3.8) is 0 Å². The Labute approximate surface area is 122 Å². The van der Waals surface area contributed by atoms with E-state index in [-0.39, 0.29) is 0 Å². The summed E-state index contributed by atoms with van der Waals surface area (Å²) >= 11 is 0. The molecule has 0 fully saturated rings. The molecule has 3 aromatic rings. The molecule has 0 aliphatic carbocycles. The van der Waals surface area contributed by atoms with E-state index in [0.717, 1.165) is 22.5 Å². The summed E-state index contributed by atoms with van der Waals surface area (Å²) in [5.41, 5.74) is 2.88. The Morgan fingerprint density at radius 1 is 0.905 bits per heavy atom. The fraction of sp³-hybridized carbons (Fsp3) is 0.125. The number of hydrogen-bond acceptors (Lipinski definition) is 5. The van der Waals surface area contributed by atoms with Gasteiger partial charge < -0.3 is 13.9 Å². The topological polar surface area (TPSA) is 57.4 Å². The van der Waals surface area contributed by atoms with Gasteiger partial charge in [-0.25, -0.2) is 4.98 Å². The van der Waals surface area contributed by atoms with E-state index in [0.29, 0.717) is 11.8 Å². The number of ether oxygens (including phenoxy) is 2. The second-order valence-electron chi connectivity index (χ2n) is 4.35. The summed E-state index contributed by atoms with van der Waals surface area (Å²) in [5.74, 6) is 1.79. The number of hydrogen-bond donors (Lipinski definition) is 0. The predicted molar refractivity (Wildman–Crippen MR) is 78.3 cm³/mol. The van der Waals surface area contributed by atoms with Crippen LogP contribution < -0.4 is 9.47 Å². The summed E-state index contributed by atoms with van der Waals surface area (Å²) in [6, 6.07) is 11.7. The Morgan fingerprint density at radius 3 is 2.29 bits per heavy atom. The number of benzene rings is 1. The molecule has 106 valence electrons. The van der Waals surface area contributed by atoms with Gasteiger partial charge in [-0.3, -0.25) is 0 Å². The second kappa shape index (κ2) is 5.66. The molecule has 5 heteroatoms. The maximum Gasteiger partial charge on any atom is 0.224 e. The Balaban J connectivity index is 1.97. The minimum atomic E-state index is 0.522. The molecule has 0 aliphatic heterocycles. The van der Waals surface area contributed by atoms with E-state index in [1.807, 2.05) is 36.4 Å². The average molecular weight is 282 g/mol. The van der Waals surface area contributed by atoms with E-state index >= 15 is 0 Å². The molecule has 2 heterocycles. The molecule has 0 radical (unpaired) electrons. The third kappa shape index (κ3) is 2.58. The second-order valence-corrected chi connectivity index (χ2v) is 4.35. The van der Waals surface area contributed by atoms with Crippen molar-refractivity contribution in [2.75, 3.05) is 14.2 Å². The van der Waals surface area contributed by atoms with E-state index in [2.05, 4.69) is 9.97 Å². The molecular formula is C16H14N2O3. The van der Waals surface area contributed by atoms with Crippen LogP contribution in [0.5, 0.6) is 11.8 Å². The largest absolute Gasteiger partial charge is 0.481 e. The first-order valence-corrected chi connectivity index (χ1v) is 6.40. The van der Waals surface area contributed by atoms with Gasteiger partial charge in [0.1, 0.15) is 0 Å². The van der Waals surface area contributed by atoms with Crippen molar-refractivity contribution in [2.45, 2.75) is 0 Å². The van der Waals surface area contributed by atoms with Crippen LogP contribution in [-0.4, -0.2) is 24.2 Å². The molecule has 2 aromatic heterocycles. The molecule has 0 saturated carbocycles. The van der Waals surface area contributed by atoms with Crippen LogP contribution in [0.25, 0.3) is 22.5 Å². The Morgan fingerprint density at radius 2 is 1.67 bits per heavy atom. The lowest BCUT2D eigenvalue weighted by atomic mass is 10.0. The summed E-state index contributed by atoms with van der Waals surface area (Å²) in [6.07, 6.45) is 3.10. The van der Waals surface area contributed by atoms with Crippen molar-refractivity contribution in [2.24, 2.45) is 0 Å². The maximum atomic E-state index is 5.33. The standard InChI is InChI=1S/C16H14N2O3/c1-19-15-8-7-13(16(18-15)20-2)11-3-5-12(6-4-11)14-9-17-10-21-14/h3-10H,1-2H3. The number of methoxy groups -OCH3 is 2. The molecule has 0 amide bonds. The van der Waals surface area contributed by atoms with Gasteiger partial charge in [0, 0.05) is 17.2 Å². The van der Waals surface area contributed by atoms with Crippen LogP contribution >= 0.6 is 0 Å². The van der Waals surface area contributed by atoms with Gasteiger partial charge >= 0.3 is 0 Å². The molecule has 0 atom stereocenters. The van der Waals surface area contributed by atoms with Gasteiger partial charge in [0.2, 0.25) is 11.8 Å². The van der Waals surface area contributed by atoms with Gasteiger partial charge in [0.15, 0.2) is 12.2 Å². The van der Waals surface area contributed by atoms with Crippen molar-refractivity contribution in [3.05, 3.63) is 49.0 Å². The van der Waals surface area contributed by atoms with Crippen molar-refractivity contribution < 1.29 is 13.9 Å². The van der Waals surface area contributed by atoms with Gasteiger partial charge in [-0.2, -0.15) is 4.98 Å². The summed E-state index contributed by atoms with van der Waals surface area (Å²) in [5, 5.41) is 0. The van der Waals surface area contributed by atoms with Gasteiger partial charge in [-0.1, -0.05) is 24.3 Å². The fourth-order valence-corrected chi connectivity index (χ4v) is 2.08. The summed E-state index contributed by atoms with van der Waals surface area (Å²) in [4.78, 5) is 8.20. The smallest absolute Gasteiger partial charge is 0.224 e. The third-order valence-corrected chi connectivity index (χ3v) is 3.15. The normalized spacial score (nSPS) is 10.4. The SMILES string of the molecule is COc1ccc(-c2ccc(-c3cnco3)cc2)c(OC)n1. The van der Waals surface area contributed by atoms with Crippen molar-refractivity contribution >= 4 is 0 Å². The van der Waals surface area contributed by atoms with Gasteiger partial charge in [0.25, 0.3) is 0 Å². The first-order chi connectivity index (χ1) is 10.3. The zero-order valence-corrected chi connectivity index (χ0v) is 11.7. The molecule has 3 rings (SSSR count). The Kier molecular flexibility index (Phi) is 3.55. The first-order valence-electron chi connectivity index (χ1n) is 6.40. The fourth-order valence-electron chi connectivity index (χ4n) is 2.08. The summed E-state index contributed by atoms with van der Waals surface area (Å²) < 4.78 is 15.7. The van der Waals surface area contributed by atoms with Crippen LogP contribution in [-0.2, 0) is 0 Å². The van der Waals surface area contributed by atoms with Crippen molar-refractivity contribution in [3.8, 4) is 34.2 Å². The zero-order chi connectivity index (χ0) is 14.7. The monoisotopic (exact) mass is 282 g/mol. The van der Waals surface area contributed by atoms with Crippen LogP contribution in [0.1, 0.15) is 0 Å². The molecule has 5 nitrogen and oxygen atoms in total. The minimum Gasteiger partial charge on any atom is -0.481 e. The van der Waals surface area contributed by atoms with Crippen LogP contribution in [0.15, 0.2) is 53.4 Å². The Bertz CT molecular complexity index is 722. The molecule has 0 aliphatic rings. The highest BCUT2D eigenvalue weighted by Crippen LogP contribution is 2.31. The van der Waals surface area contributed by atoms with E-state index in [1.54, 1.807) is 20.4 Å². The first kappa shape index (κ1) is 13.2. The third-order valence-electron chi connectivity index (χ3n) is 3.15. The molecule has 0 saturated heterocycles. The lowest BCUT2D eigenvalue weighted by Gasteiger charge is -2.09. The predicted octanol–water partition coefficient (Wildman–Crippen LogP) is 3.42. The number of pyridine rings is 1. The molecular weight excluding hydrogens is 268 g/mol. The van der Waals surface area contributed by atoms with E-state index < -0.39 is 0 Å². The van der Waals surface area contributed by atoms with Crippen LogP contribution in [0, 0.1) is 0 Å². The van der Waals surface area contributed by atoms with Gasteiger partial charge in [-0.15, -0.1) is 0 Å². The van der Waals surface area contributed by atoms with Crippen LogP contribution in [0.3, 0.4) is 0 Å². The molecule has 0 N–H and O–H groups in total. The van der Waals surface area contributed by atoms with Crippen molar-refractivity contribution in [1.82, 2.24) is 9.97 Å². The van der Waals surface area contributed by atoms with Crippen molar-refractivity contribution in [1.29, 1.82) is 0 Å². The number of nitrogens with zero attached hydrogens (tertiary/aromatic N) is 2. The molecule has 0 bridgehead atoms. The summed E-state index contributed by atoms with van der Waals surface area (Å²) in [7, 11) is 3.17. The van der Waals surface area contributed by atoms with Crippen LogP contribution in [0.2, 0.25) is 0 Å². The highest BCUT2D eigenvalue weighted by Gasteiger charge is 2.10. The Hall–Kier alpha value is -2.82. The minimum absolute atomic E-state index is 0.522. The lowest BCUT2D eigenvalue weighted by Crippen LogP contribution is -1.94. The quantitative estimate of drug-likeness (QED) is 0.733. The van der Waals surface area contributed by atoms with E-state index in [1.165, 1.54) is 6.39 Å². The van der Waals surface area contributed by atoms with Crippen LogP contribution in [0.4, 0.5) is 0 Å². The average Bonchev–Trinajstić information content (AvgIpc) is 3.09. The summed E-state index contributed by atoms with van der Waals surface area (Å²) in [6.45, 7) is 0. The lowest BCUT2D eigenvalue weighted by molar-refractivity contribution is 0.366. The number of rotatable bonds is 4. The number of oxazole rings is 1. The maximum absolute atomic E-state index is 5.33. The van der Waals surface area contributed by atoms with E-state index in [9.17, 15) is 0 Å². The highest BCUT2D eigenvalue weighted by atomic mass is 16.5. The molecule has 1 aromatic carbocycles. The number of aromatic nitrogens is 2. The molecule has 0 unspecified atom stereocenters. The highest BCUT2D eigenvalue weighted by molar-refractivity contribution is 5.71. The zero-order valence-electron chi connectivity index (χ0n) is 11.7. The molecule has 0 spiro atoms. The van der Waals surface area contributed by atoms with Gasteiger partial charge in [0.05, 0.1) is 20.4 Å². The van der Waals surface area contributed by atoms with Gasteiger partial charge in [-0.05, 0) is 11.6 Å². The molecule has 21 heavy (non-hydrogen) atoms. The van der Waals surface area contributed by atoms with E-state index in [4.69, 9.17) is 13.9 Å².